The first-order valence-electron chi connectivity index (χ1n) is 24.6. The van der Waals surface area contributed by atoms with Crippen LogP contribution in [0.4, 0.5) is 0 Å². The Morgan fingerprint density at radius 3 is 1.51 bits per heavy atom. The predicted octanol–water partition coefficient (Wildman–Crippen LogP) is 17.4. The summed E-state index contributed by atoms with van der Waals surface area (Å²) in [5.74, 6) is 1.47. The van der Waals surface area contributed by atoms with Crippen LogP contribution in [0.25, 0.3) is 111 Å². The fourth-order valence-electron chi connectivity index (χ4n) is 11.4. The maximum Gasteiger partial charge on any atom is 0.162 e. The summed E-state index contributed by atoms with van der Waals surface area (Å²) in [7, 11) is 0. The van der Waals surface area contributed by atoms with Crippen molar-refractivity contribution in [3.8, 4) is 67.5 Å². The van der Waals surface area contributed by atoms with E-state index in [1.54, 1.807) is 0 Å². The molecular formula is C66H52N4. The van der Waals surface area contributed by atoms with Crippen molar-refractivity contribution in [2.45, 2.75) is 51.4 Å². The van der Waals surface area contributed by atoms with E-state index in [0.29, 0.717) is 5.82 Å². The molecule has 0 unspecified atom stereocenters. The number of hydrogen-bond donors (Lipinski definition) is 0. The molecule has 1 aliphatic carbocycles. The van der Waals surface area contributed by atoms with E-state index in [0.717, 1.165) is 67.1 Å². The van der Waals surface area contributed by atoms with E-state index in [9.17, 15) is 0 Å². The molecule has 0 radical (unpaired) electrons. The highest BCUT2D eigenvalue weighted by molar-refractivity contribution is 6.23. The molecule has 12 aromatic rings. The second kappa shape index (κ2) is 16.1. The Balaban J connectivity index is 1.06. The number of benzene rings is 9. The first kappa shape index (κ1) is 41.8. The standard InChI is InChI=1S/C66H52N4/c1-65(2)37-38-66(3,4)57-41-49(33-36-56(57)65)48-22-16-24-51(40-48)69-59-27-13-11-25-52(59)54-34-35-55-53-26-12-14-28-60(53)70(63(55)62(54)69)61-42-58(46-31-29-45(30-32-46)43-17-7-5-8-18-43)67-64(68-61)50-23-15-21-47(39-50)44-19-9-6-10-20-44/h5-36,39-42H,37-38H2,1-4H3. The van der Waals surface area contributed by atoms with Crippen molar-refractivity contribution >= 4 is 43.6 Å². The zero-order valence-corrected chi connectivity index (χ0v) is 40.0. The van der Waals surface area contributed by atoms with Gasteiger partial charge in [-0.3, -0.25) is 4.57 Å². The summed E-state index contributed by atoms with van der Waals surface area (Å²) < 4.78 is 4.89. The van der Waals surface area contributed by atoms with Gasteiger partial charge < -0.3 is 4.57 Å². The Hall–Kier alpha value is -8.34. The number of para-hydroxylation sites is 2. The highest BCUT2D eigenvalue weighted by Gasteiger charge is 2.37. The largest absolute Gasteiger partial charge is 0.307 e. The average molecular weight is 901 g/mol. The maximum atomic E-state index is 5.59. The van der Waals surface area contributed by atoms with Gasteiger partial charge in [0.25, 0.3) is 0 Å². The molecule has 13 rings (SSSR count). The van der Waals surface area contributed by atoms with E-state index < -0.39 is 0 Å². The van der Waals surface area contributed by atoms with Crippen molar-refractivity contribution in [1.29, 1.82) is 0 Å². The van der Waals surface area contributed by atoms with Crippen LogP contribution in [-0.4, -0.2) is 19.1 Å². The van der Waals surface area contributed by atoms with Crippen LogP contribution in [0, 0.1) is 0 Å². The minimum atomic E-state index is 0.112. The minimum Gasteiger partial charge on any atom is -0.307 e. The van der Waals surface area contributed by atoms with Gasteiger partial charge in [0.15, 0.2) is 5.82 Å². The highest BCUT2D eigenvalue weighted by atomic mass is 15.1. The lowest BCUT2D eigenvalue weighted by Crippen LogP contribution is -2.33. The van der Waals surface area contributed by atoms with Gasteiger partial charge in [0.05, 0.1) is 27.8 Å². The summed E-state index contributed by atoms with van der Waals surface area (Å²) in [5, 5.41) is 4.74. The van der Waals surface area contributed by atoms with Gasteiger partial charge in [0.1, 0.15) is 5.82 Å². The van der Waals surface area contributed by atoms with Crippen molar-refractivity contribution in [3.05, 3.63) is 230 Å². The molecule has 0 spiro atoms. The van der Waals surface area contributed by atoms with Crippen LogP contribution in [0.15, 0.2) is 218 Å². The number of rotatable bonds is 7. The van der Waals surface area contributed by atoms with Gasteiger partial charge in [0, 0.05) is 44.4 Å². The van der Waals surface area contributed by atoms with Crippen LogP contribution in [-0.2, 0) is 10.8 Å². The highest BCUT2D eigenvalue weighted by Crippen LogP contribution is 2.48. The van der Waals surface area contributed by atoms with Crippen LogP contribution in [0.1, 0.15) is 51.7 Å². The van der Waals surface area contributed by atoms with Gasteiger partial charge >= 0.3 is 0 Å². The van der Waals surface area contributed by atoms with Crippen LogP contribution in [0.2, 0.25) is 0 Å². The molecule has 0 N–H and O–H groups in total. The third kappa shape index (κ3) is 6.89. The zero-order chi connectivity index (χ0) is 47.1. The van der Waals surface area contributed by atoms with Gasteiger partial charge in [-0.1, -0.05) is 210 Å². The molecule has 4 heteroatoms. The summed E-state index contributed by atoms with van der Waals surface area (Å²) in [6.07, 6.45) is 2.37. The number of nitrogens with zero attached hydrogens (tertiary/aromatic N) is 4. The Bertz CT molecular complexity index is 3980. The maximum absolute atomic E-state index is 5.59. The first-order valence-corrected chi connectivity index (χ1v) is 24.6. The molecule has 1 aliphatic rings. The third-order valence-electron chi connectivity index (χ3n) is 15.2. The summed E-state index contributed by atoms with van der Waals surface area (Å²) in [5.41, 5.74) is 18.7. The summed E-state index contributed by atoms with van der Waals surface area (Å²) in [4.78, 5) is 11.0. The molecule has 0 amide bonds. The Labute approximate surface area is 409 Å². The SMILES string of the molecule is CC1(C)CCC(C)(C)c2cc(-c3cccc(-n4c5ccccc5c5ccc6c7ccccc7n(-c7cc(-c8ccc(-c9ccccc9)cc8)nc(-c8cccc(-c9ccccc9)c8)n7)c6c54)c3)ccc21. The van der Waals surface area contributed by atoms with E-state index >= 15 is 0 Å². The lowest BCUT2D eigenvalue weighted by atomic mass is 9.63. The number of aromatic nitrogens is 4. The molecule has 0 atom stereocenters. The van der Waals surface area contributed by atoms with Crippen LogP contribution >= 0.6 is 0 Å². The molecule has 3 heterocycles. The monoisotopic (exact) mass is 900 g/mol. The molecule has 0 saturated heterocycles. The lowest BCUT2D eigenvalue weighted by molar-refractivity contribution is 0.332. The van der Waals surface area contributed by atoms with Gasteiger partial charge in [-0.2, -0.15) is 0 Å². The van der Waals surface area contributed by atoms with Crippen molar-refractivity contribution in [2.75, 3.05) is 0 Å². The third-order valence-corrected chi connectivity index (χ3v) is 15.2. The molecule has 0 bridgehead atoms. The van der Waals surface area contributed by atoms with E-state index in [-0.39, 0.29) is 10.8 Å². The normalized spacial score (nSPS) is 14.1. The van der Waals surface area contributed by atoms with Crippen molar-refractivity contribution < 1.29 is 0 Å². The van der Waals surface area contributed by atoms with E-state index in [1.165, 1.54) is 62.2 Å². The molecule has 0 saturated carbocycles. The molecule has 336 valence electrons. The first-order chi connectivity index (χ1) is 34.2. The molecule has 0 aliphatic heterocycles. The predicted molar refractivity (Wildman–Crippen MR) is 293 cm³/mol. The summed E-state index contributed by atoms with van der Waals surface area (Å²) in [6, 6.07) is 79.3. The summed E-state index contributed by atoms with van der Waals surface area (Å²) >= 11 is 0. The smallest absolute Gasteiger partial charge is 0.162 e. The molecule has 0 fully saturated rings. The molecular weight excluding hydrogens is 849 g/mol. The fourth-order valence-corrected chi connectivity index (χ4v) is 11.4. The van der Waals surface area contributed by atoms with Crippen LogP contribution in [0.5, 0.6) is 0 Å². The van der Waals surface area contributed by atoms with Gasteiger partial charge in [0.2, 0.25) is 0 Å². The summed E-state index contributed by atoms with van der Waals surface area (Å²) in [6.45, 7) is 9.63. The van der Waals surface area contributed by atoms with Crippen molar-refractivity contribution in [1.82, 2.24) is 19.1 Å². The van der Waals surface area contributed by atoms with Gasteiger partial charge in [-0.15, -0.1) is 0 Å². The molecule has 9 aromatic carbocycles. The van der Waals surface area contributed by atoms with Crippen molar-refractivity contribution in [3.63, 3.8) is 0 Å². The molecule has 3 aromatic heterocycles. The van der Waals surface area contributed by atoms with E-state index in [1.807, 2.05) is 0 Å². The fraction of sp³-hybridized carbons (Fsp3) is 0.121. The van der Waals surface area contributed by atoms with E-state index in [2.05, 4.69) is 255 Å². The van der Waals surface area contributed by atoms with Crippen molar-refractivity contribution in [2.24, 2.45) is 0 Å². The van der Waals surface area contributed by atoms with Crippen LogP contribution in [0.3, 0.4) is 0 Å². The lowest BCUT2D eigenvalue weighted by Gasteiger charge is -2.42. The van der Waals surface area contributed by atoms with Crippen LogP contribution < -0.4 is 0 Å². The molecule has 70 heavy (non-hydrogen) atoms. The second-order valence-corrected chi connectivity index (χ2v) is 20.5. The second-order valence-electron chi connectivity index (χ2n) is 20.5. The average Bonchev–Trinajstić information content (AvgIpc) is 3.94. The Morgan fingerprint density at radius 2 is 0.829 bits per heavy atom. The Kier molecular flexibility index (Phi) is 9.64. The number of fused-ring (bicyclic) bond motifs is 8. The number of hydrogen-bond acceptors (Lipinski definition) is 2. The topological polar surface area (TPSA) is 35.6 Å². The van der Waals surface area contributed by atoms with Gasteiger partial charge in [-0.05, 0) is 98.5 Å². The molecule has 4 nitrogen and oxygen atoms in total. The zero-order valence-electron chi connectivity index (χ0n) is 40.0. The Morgan fingerprint density at radius 1 is 0.343 bits per heavy atom. The minimum absolute atomic E-state index is 0.112. The quantitative estimate of drug-likeness (QED) is 0.160. The van der Waals surface area contributed by atoms with Gasteiger partial charge in [-0.25, -0.2) is 9.97 Å². The van der Waals surface area contributed by atoms with E-state index in [4.69, 9.17) is 9.97 Å².